The molecule has 0 saturated carbocycles. The van der Waals surface area contributed by atoms with Crippen LogP contribution in [0.3, 0.4) is 0 Å². The summed E-state index contributed by atoms with van der Waals surface area (Å²) < 4.78 is 0. The molecule has 6 heteroatoms. The number of hydrogen-bond acceptors (Lipinski definition) is 4. The zero-order valence-corrected chi connectivity index (χ0v) is 10.0. The first kappa shape index (κ1) is 12.6. The number of amides is 1. The fourth-order valence-electron chi connectivity index (χ4n) is 1.27. The van der Waals surface area contributed by atoms with Crippen molar-refractivity contribution >= 4 is 23.2 Å². The summed E-state index contributed by atoms with van der Waals surface area (Å²) in [6.45, 7) is 3.95. The Bertz CT molecular complexity index is 362. The molecule has 88 valence electrons. The van der Waals surface area contributed by atoms with Gasteiger partial charge in [-0.15, -0.1) is 11.3 Å². The Hall–Kier alpha value is -1.43. The number of rotatable bonds is 5. The van der Waals surface area contributed by atoms with Crippen molar-refractivity contribution in [2.45, 2.75) is 26.3 Å². The van der Waals surface area contributed by atoms with Crippen molar-refractivity contribution in [2.24, 2.45) is 0 Å². The van der Waals surface area contributed by atoms with E-state index in [-0.39, 0.29) is 24.9 Å². The van der Waals surface area contributed by atoms with Crippen LogP contribution in [0.25, 0.3) is 0 Å². The highest BCUT2D eigenvalue weighted by Crippen LogP contribution is 2.12. The standard InChI is InChI=1S/C10H14N2O3S/c1-7(2)12(4-3-9(13)14)10(15)8-5-11-6-16-8/h5-7H,3-4H2,1-2H3,(H,13,14). The van der Waals surface area contributed by atoms with Crippen molar-refractivity contribution in [3.05, 3.63) is 16.6 Å². The second-order valence-corrected chi connectivity index (χ2v) is 4.49. The largest absolute Gasteiger partial charge is 0.481 e. The SMILES string of the molecule is CC(C)N(CCC(=O)O)C(=O)c1cncs1. The number of thiazole rings is 1. The number of aliphatic carboxylic acids is 1. The van der Waals surface area contributed by atoms with Gasteiger partial charge in [0, 0.05) is 12.6 Å². The molecule has 0 fully saturated rings. The fraction of sp³-hybridized carbons (Fsp3) is 0.500. The highest BCUT2D eigenvalue weighted by molar-refractivity contribution is 7.11. The average molecular weight is 242 g/mol. The third-order valence-electron chi connectivity index (χ3n) is 2.09. The van der Waals surface area contributed by atoms with Crippen molar-refractivity contribution in [3.63, 3.8) is 0 Å². The molecule has 0 atom stereocenters. The molecule has 0 aliphatic rings. The lowest BCUT2D eigenvalue weighted by Crippen LogP contribution is -2.38. The van der Waals surface area contributed by atoms with Crippen LogP contribution in [-0.2, 0) is 4.79 Å². The minimum absolute atomic E-state index is 0.0195. The van der Waals surface area contributed by atoms with Gasteiger partial charge in [0.25, 0.3) is 5.91 Å². The molecule has 1 amide bonds. The highest BCUT2D eigenvalue weighted by atomic mass is 32.1. The lowest BCUT2D eigenvalue weighted by atomic mass is 10.2. The Kier molecular flexibility index (Phi) is 4.42. The van der Waals surface area contributed by atoms with E-state index < -0.39 is 5.97 Å². The summed E-state index contributed by atoms with van der Waals surface area (Å²) in [6.07, 6.45) is 1.46. The monoisotopic (exact) mass is 242 g/mol. The summed E-state index contributed by atoms with van der Waals surface area (Å²) >= 11 is 1.26. The molecule has 1 aromatic rings. The molecule has 16 heavy (non-hydrogen) atoms. The van der Waals surface area contributed by atoms with E-state index in [1.54, 1.807) is 10.4 Å². The maximum Gasteiger partial charge on any atom is 0.305 e. The lowest BCUT2D eigenvalue weighted by Gasteiger charge is -2.25. The quantitative estimate of drug-likeness (QED) is 0.848. The van der Waals surface area contributed by atoms with Crippen LogP contribution >= 0.6 is 11.3 Å². The van der Waals surface area contributed by atoms with Crippen molar-refractivity contribution in [2.75, 3.05) is 6.54 Å². The molecule has 0 radical (unpaired) electrons. The smallest absolute Gasteiger partial charge is 0.305 e. The second-order valence-electron chi connectivity index (χ2n) is 3.60. The minimum Gasteiger partial charge on any atom is -0.481 e. The summed E-state index contributed by atoms with van der Waals surface area (Å²) in [5, 5.41) is 8.61. The van der Waals surface area contributed by atoms with Crippen molar-refractivity contribution < 1.29 is 14.7 Å². The van der Waals surface area contributed by atoms with Gasteiger partial charge in [0.2, 0.25) is 0 Å². The van der Waals surface area contributed by atoms with Crippen LogP contribution in [0.4, 0.5) is 0 Å². The molecule has 0 aliphatic carbocycles. The Morgan fingerprint density at radius 2 is 2.25 bits per heavy atom. The molecule has 5 nitrogen and oxygen atoms in total. The van der Waals surface area contributed by atoms with Crippen LogP contribution in [-0.4, -0.2) is 39.5 Å². The van der Waals surface area contributed by atoms with Gasteiger partial charge < -0.3 is 10.0 Å². The molecule has 0 spiro atoms. The molecule has 0 bridgehead atoms. The predicted molar refractivity (Wildman–Crippen MR) is 60.5 cm³/mol. The topological polar surface area (TPSA) is 70.5 Å². The molecule has 0 aromatic carbocycles. The van der Waals surface area contributed by atoms with E-state index in [2.05, 4.69) is 4.98 Å². The van der Waals surface area contributed by atoms with Crippen LogP contribution in [0.5, 0.6) is 0 Å². The van der Waals surface area contributed by atoms with E-state index >= 15 is 0 Å². The van der Waals surface area contributed by atoms with Crippen LogP contribution in [0.1, 0.15) is 29.9 Å². The van der Waals surface area contributed by atoms with Crippen molar-refractivity contribution in [3.8, 4) is 0 Å². The Morgan fingerprint density at radius 3 is 2.69 bits per heavy atom. The Balaban J connectivity index is 2.70. The average Bonchev–Trinajstić information content (AvgIpc) is 2.69. The maximum absolute atomic E-state index is 12.0. The summed E-state index contributed by atoms with van der Waals surface area (Å²) in [7, 11) is 0. The van der Waals surface area contributed by atoms with E-state index in [1.807, 2.05) is 13.8 Å². The Labute approximate surface area is 97.7 Å². The van der Waals surface area contributed by atoms with E-state index in [4.69, 9.17) is 5.11 Å². The summed E-state index contributed by atoms with van der Waals surface area (Å²) in [5.74, 6) is -1.05. The van der Waals surface area contributed by atoms with Crippen LogP contribution in [0.2, 0.25) is 0 Å². The number of nitrogens with zero attached hydrogens (tertiary/aromatic N) is 2. The van der Waals surface area contributed by atoms with Gasteiger partial charge in [0.05, 0.1) is 18.1 Å². The molecule has 0 aliphatic heterocycles. The molecule has 1 aromatic heterocycles. The van der Waals surface area contributed by atoms with E-state index in [1.165, 1.54) is 17.5 Å². The number of carbonyl (C=O) groups is 2. The first-order valence-corrected chi connectivity index (χ1v) is 5.81. The normalized spacial score (nSPS) is 10.4. The predicted octanol–water partition coefficient (Wildman–Crippen LogP) is 1.47. The fourth-order valence-corrected chi connectivity index (χ4v) is 1.85. The van der Waals surface area contributed by atoms with Crippen LogP contribution in [0, 0.1) is 0 Å². The number of aromatic nitrogens is 1. The minimum atomic E-state index is -0.900. The Morgan fingerprint density at radius 1 is 1.56 bits per heavy atom. The second kappa shape index (κ2) is 5.60. The summed E-state index contributed by atoms with van der Waals surface area (Å²) in [5.41, 5.74) is 1.59. The van der Waals surface area contributed by atoms with Crippen molar-refractivity contribution in [1.29, 1.82) is 0 Å². The number of hydrogen-bond donors (Lipinski definition) is 1. The zero-order valence-electron chi connectivity index (χ0n) is 9.21. The summed E-state index contributed by atoms with van der Waals surface area (Å²) in [4.78, 5) is 28.4. The van der Waals surface area contributed by atoms with Gasteiger partial charge >= 0.3 is 5.97 Å². The van der Waals surface area contributed by atoms with E-state index in [0.29, 0.717) is 4.88 Å². The van der Waals surface area contributed by atoms with Gasteiger partial charge in [0.1, 0.15) is 4.88 Å². The van der Waals surface area contributed by atoms with Gasteiger partial charge in [-0.1, -0.05) is 0 Å². The van der Waals surface area contributed by atoms with E-state index in [9.17, 15) is 9.59 Å². The molecule has 1 heterocycles. The lowest BCUT2D eigenvalue weighted by molar-refractivity contribution is -0.137. The third-order valence-corrected chi connectivity index (χ3v) is 2.85. The van der Waals surface area contributed by atoms with Gasteiger partial charge in [-0.3, -0.25) is 14.6 Å². The van der Waals surface area contributed by atoms with Crippen LogP contribution < -0.4 is 0 Å². The third kappa shape index (κ3) is 3.30. The first-order chi connectivity index (χ1) is 7.52. The molecule has 0 saturated heterocycles. The van der Waals surface area contributed by atoms with Gasteiger partial charge in [-0.25, -0.2) is 0 Å². The zero-order chi connectivity index (χ0) is 12.1. The molecular formula is C10H14N2O3S. The summed E-state index contributed by atoms with van der Waals surface area (Å²) in [6, 6.07) is -0.0195. The maximum atomic E-state index is 12.0. The number of carboxylic acid groups (broad SMARTS) is 1. The number of carbonyl (C=O) groups excluding carboxylic acids is 1. The van der Waals surface area contributed by atoms with E-state index in [0.717, 1.165) is 0 Å². The van der Waals surface area contributed by atoms with Gasteiger partial charge in [-0.05, 0) is 13.8 Å². The van der Waals surface area contributed by atoms with Crippen LogP contribution in [0.15, 0.2) is 11.7 Å². The first-order valence-electron chi connectivity index (χ1n) is 4.93. The number of carboxylic acids is 1. The highest BCUT2D eigenvalue weighted by Gasteiger charge is 2.20. The van der Waals surface area contributed by atoms with Gasteiger partial charge in [-0.2, -0.15) is 0 Å². The van der Waals surface area contributed by atoms with Gasteiger partial charge in [0.15, 0.2) is 0 Å². The molecule has 1 rings (SSSR count). The molecular weight excluding hydrogens is 228 g/mol. The molecule has 0 unspecified atom stereocenters. The molecule has 1 N–H and O–H groups in total. The van der Waals surface area contributed by atoms with Crippen molar-refractivity contribution in [1.82, 2.24) is 9.88 Å².